The molecular weight excluding hydrogens is 254 g/mol. The van der Waals surface area contributed by atoms with E-state index in [0.717, 1.165) is 29.7 Å². The molecule has 0 aromatic carbocycles. The topological polar surface area (TPSA) is 12.0 Å². The van der Waals surface area contributed by atoms with Gasteiger partial charge in [0, 0.05) is 6.04 Å². The van der Waals surface area contributed by atoms with Crippen LogP contribution in [0.4, 0.5) is 0 Å². The first-order chi connectivity index (χ1) is 10.3. The van der Waals surface area contributed by atoms with Crippen molar-refractivity contribution in [2.45, 2.75) is 97.4 Å². The molecule has 1 N–H and O–H groups in total. The second-order valence-corrected chi connectivity index (χ2v) is 7.97. The van der Waals surface area contributed by atoms with Gasteiger partial charge >= 0.3 is 0 Å². The predicted molar refractivity (Wildman–Crippen MR) is 93.6 cm³/mol. The molecule has 2 aliphatic rings. The highest BCUT2D eigenvalue weighted by molar-refractivity contribution is 4.92. The summed E-state index contributed by atoms with van der Waals surface area (Å²) in [6.45, 7) is 8.25. The van der Waals surface area contributed by atoms with Gasteiger partial charge < -0.3 is 5.32 Å². The SMILES string of the molecule is CCCCC(CC)CC(CC1CC2CCC1C2)NCCC. The molecule has 0 aliphatic heterocycles. The lowest BCUT2D eigenvalue weighted by atomic mass is 9.81. The first kappa shape index (κ1) is 17.3. The van der Waals surface area contributed by atoms with Gasteiger partial charge in [0.2, 0.25) is 0 Å². The smallest absolute Gasteiger partial charge is 0.00724 e. The maximum Gasteiger partial charge on any atom is 0.00724 e. The summed E-state index contributed by atoms with van der Waals surface area (Å²) in [7, 11) is 0. The Balaban J connectivity index is 1.81. The molecule has 124 valence electrons. The Morgan fingerprint density at radius 3 is 2.48 bits per heavy atom. The summed E-state index contributed by atoms with van der Waals surface area (Å²) in [5.41, 5.74) is 0. The summed E-state index contributed by atoms with van der Waals surface area (Å²) in [4.78, 5) is 0. The number of nitrogens with one attached hydrogen (secondary N) is 1. The van der Waals surface area contributed by atoms with Crippen LogP contribution in [-0.2, 0) is 0 Å². The number of hydrogen-bond acceptors (Lipinski definition) is 1. The minimum atomic E-state index is 0.802. The second-order valence-electron chi connectivity index (χ2n) is 7.97. The van der Waals surface area contributed by atoms with E-state index < -0.39 is 0 Å². The van der Waals surface area contributed by atoms with E-state index in [4.69, 9.17) is 0 Å². The molecule has 2 saturated carbocycles. The molecule has 2 rings (SSSR count). The Morgan fingerprint density at radius 2 is 1.90 bits per heavy atom. The highest BCUT2D eigenvalue weighted by Crippen LogP contribution is 2.50. The summed E-state index contributed by atoms with van der Waals surface area (Å²) in [5, 5.41) is 3.90. The van der Waals surface area contributed by atoms with Crippen molar-refractivity contribution in [2.75, 3.05) is 6.54 Å². The molecule has 0 radical (unpaired) electrons. The van der Waals surface area contributed by atoms with E-state index >= 15 is 0 Å². The zero-order valence-electron chi connectivity index (χ0n) is 14.9. The van der Waals surface area contributed by atoms with E-state index in [0.29, 0.717) is 0 Å². The number of rotatable bonds is 11. The molecule has 2 bridgehead atoms. The second kappa shape index (κ2) is 9.18. The Morgan fingerprint density at radius 1 is 1.05 bits per heavy atom. The van der Waals surface area contributed by atoms with E-state index in [1.165, 1.54) is 51.5 Å². The van der Waals surface area contributed by atoms with Gasteiger partial charge in [-0.15, -0.1) is 0 Å². The van der Waals surface area contributed by atoms with Gasteiger partial charge in [0.1, 0.15) is 0 Å². The van der Waals surface area contributed by atoms with Gasteiger partial charge in [-0.25, -0.2) is 0 Å². The summed E-state index contributed by atoms with van der Waals surface area (Å²) in [6.07, 6.45) is 16.0. The monoisotopic (exact) mass is 293 g/mol. The molecule has 0 aromatic heterocycles. The Labute approximate surface area is 133 Å². The van der Waals surface area contributed by atoms with Gasteiger partial charge in [0.15, 0.2) is 0 Å². The molecule has 0 amide bonds. The van der Waals surface area contributed by atoms with Gasteiger partial charge in [-0.3, -0.25) is 0 Å². The third-order valence-electron chi connectivity index (χ3n) is 6.32. The summed E-state index contributed by atoms with van der Waals surface area (Å²) >= 11 is 0. The third-order valence-corrected chi connectivity index (χ3v) is 6.32. The van der Waals surface area contributed by atoms with Crippen molar-refractivity contribution in [1.29, 1.82) is 0 Å². The fraction of sp³-hybridized carbons (Fsp3) is 1.00. The molecule has 0 saturated heterocycles. The van der Waals surface area contributed by atoms with Crippen LogP contribution < -0.4 is 5.32 Å². The molecule has 5 atom stereocenters. The Hall–Kier alpha value is -0.0400. The highest BCUT2D eigenvalue weighted by atomic mass is 14.9. The normalized spacial score (nSPS) is 30.7. The minimum absolute atomic E-state index is 0.802. The van der Waals surface area contributed by atoms with Crippen LogP contribution in [-0.4, -0.2) is 12.6 Å². The summed E-state index contributed by atoms with van der Waals surface area (Å²) in [6, 6.07) is 0.802. The maximum absolute atomic E-state index is 3.90. The number of fused-ring (bicyclic) bond motifs is 2. The molecule has 0 aromatic rings. The molecule has 2 aliphatic carbocycles. The van der Waals surface area contributed by atoms with E-state index in [-0.39, 0.29) is 0 Å². The van der Waals surface area contributed by atoms with Crippen molar-refractivity contribution < 1.29 is 0 Å². The lowest BCUT2D eigenvalue weighted by Gasteiger charge is -2.30. The van der Waals surface area contributed by atoms with Crippen LogP contribution in [0, 0.1) is 23.7 Å². The van der Waals surface area contributed by atoms with Crippen molar-refractivity contribution in [3.63, 3.8) is 0 Å². The van der Waals surface area contributed by atoms with Crippen LogP contribution >= 0.6 is 0 Å². The van der Waals surface area contributed by atoms with Crippen LogP contribution in [0.2, 0.25) is 0 Å². The van der Waals surface area contributed by atoms with E-state index in [1.807, 2.05) is 0 Å². The van der Waals surface area contributed by atoms with E-state index in [2.05, 4.69) is 26.1 Å². The molecule has 21 heavy (non-hydrogen) atoms. The molecule has 2 fully saturated rings. The van der Waals surface area contributed by atoms with Gasteiger partial charge in [-0.2, -0.15) is 0 Å². The van der Waals surface area contributed by atoms with Crippen LogP contribution in [0.1, 0.15) is 91.4 Å². The Bertz CT molecular complexity index is 275. The van der Waals surface area contributed by atoms with Gasteiger partial charge in [-0.1, -0.05) is 52.9 Å². The van der Waals surface area contributed by atoms with Crippen molar-refractivity contribution in [3.8, 4) is 0 Å². The maximum atomic E-state index is 3.90. The largest absolute Gasteiger partial charge is 0.314 e. The minimum Gasteiger partial charge on any atom is -0.314 e. The van der Waals surface area contributed by atoms with Crippen molar-refractivity contribution in [1.82, 2.24) is 5.32 Å². The highest BCUT2D eigenvalue weighted by Gasteiger charge is 2.40. The molecule has 0 heterocycles. The lowest BCUT2D eigenvalue weighted by molar-refractivity contribution is 0.249. The average Bonchev–Trinajstić information content (AvgIpc) is 3.11. The van der Waals surface area contributed by atoms with Gasteiger partial charge in [0.25, 0.3) is 0 Å². The van der Waals surface area contributed by atoms with E-state index in [1.54, 1.807) is 25.7 Å². The summed E-state index contributed by atoms with van der Waals surface area (Å²) in [5.74, 6) is 4.21. The number of hydrogen-bond donors (Lipinski definition) is 1. The molecule has 1 nitrogen and oxygen atoms in total. The summed E-state index contributed by atoms with van der Waals surface area (Å²) < 4.78 is 0. The lowest BCUT2D eigenvalue weighted by Crippen LogP contribution is -2.34. The standard InChI is InChI=1S/C20H39N/c1-4-7-8-16(6-3)14-20(21-11-5-2)15-19-13-17-9-10-18(19)12-17/h16-21H,4-15H2,1-3H3. The zero-order chi connectivity index (χ0) is 15.1. The van der Waals surface area contributed by atoms with Gasteiger partial charge in [-0.05, 0) is 68.7 Å². The predicted octanol–water partition coefficient (Wildman–Crippen LogP) is 5.79. The van der Waals surface area contributed by atoms with Crippen LogP contribution in [0.15, 0.2) is 0 Å². The fourth-order valence-electron chi connectivity index (χ4n) is 5.03. The van der Waals surface area contributed by atoms with Crippen LogP contribution in [0.3, 0.4) is 0 Å². The molecule has 0 spiro atoms. The van der Waals surface area contributed by atoms with Crippen molar-refractivity contribution in [3.05, 3.63) is 0 Å². The quantitative estimate of drug-likeness (QED) is 0.508. The zero-order valence-corrected chi connectivity index (χ0v) is 14.9. The average molecular weight is 294 g/mol. The van der Waals surface area contributed by atoms with Crippen LogP contribution in [0.25, 0.3) is 0 Å². The third kappa shape index (κ3) is 5.27. The first-order valence-corrected chi connectivity index (χ1v) is 10.00. The van der Waals surface area contributed by atoms with Crippen molar-refractivity contribution >= 4 is 0 Å². The molecule has 5 unspecified atom stereocenters. The molecule has 1 heteroatoms. The Kier molecular flexibility index (Phi) is 7.57. The van der Waals surface area contributed by atoms with Crippen LogP contribution in [0.5, 0.6) is 0 Å². The molecular formula is C20H39N. The van der Waals surface area contributed by atoms with Gasteiger partial charge in [0.05, 0.1) is 0 Å². The van der Waals surface area contributed by atoms with E-state index in [9.17, 15) is 0 Å². The van der Waals surface area contributed by atoms with Crippen molar-refractivity contribution in [2.24, 2.45) is 23.7 Å². The fourth-order valence-corrected chi connectivity index (χ4v) is 5.03. The number of unbranched alkanes of at least 4 members (excludes halogenated alkanes) is 1. The first-order valence-electron chi connectivity index (χ1n) is 10.00.